The van der Waals surface area contributed by atoms with E-state index >= 15 is 0 Å². The smallest absolute Gasteiger partial charge is 0.127 e. The lowest BCUT2D eigenvalue weighted by Crippen LogP contribution is -2.32. The average Bonchev–Trinajstić information content (AvgIpc) is 2.49. The van der Waals surface area contributed by atoms with Gasteiger partial charge in [-0.05, 0) is 39.8 Å². The molecular formula is C15H23N3S2. The molecule has 1 aromatic heterocycles. The van der Waals surface area contributed by atoms with Crippen LogP contribution in [0.1, 0.15) is 39.1 Å². The minimum Gasteiger partial charge on any atom is -0.362 e. The fourth-order valence-electron chi connectivity index (χ4n) is 2.02. The van der Waals surface area contributed by atoms with E-state index in [1.54, 1.807) is 0 Å². The van der Waals surface area contributed by atoms with Crippen LogP contribution in [-0.4, -0.2) is 50.9 Å². The molecule has 110 valence electrons. The Morgan fingerprint density at radius 1 is 0.850 bits per heavy atom. The highest BCUT2D eigenvalue weighted by Crippen LogP contribution is 2.09. The van der Waals surface area contributed by atoms with Gasteiger partial charge in [-0.1, -0.05) is 30.5 Å². The fraction of sp³-hybridized carbons (Fsp3) is 0.533. The minimum atomic E-state index is 0.791. The monoisotopic (exact) mass is 309 g/mol. The fourth-order valence-corrected chi connectivity index (χ4v) is 2.76. The van der Waals surface area contributed by atoms with Crippen LogP contribution in [0.2, 0.25) is 0 Å². The van der Waals surface area contributed by atoms with E-state index in [-0.39, 0.29) is 0 Å². The summed E-state index contributed by atoms with van der Waals surface area (Å²) >= 11 is 11.0. The van der Waals surface area contributed by atoms with Crippen LogP contribution in [0.15, 0.2) is 18.2 Å². The van der Waals surface area contributed by atoms with Crippen LogP contribution in [0, 0.1) is 0 Å². The highest BCUT2D eigenvalue weighted by molar-refractivity contribution is 7.81. The Bertz CT molecular complexity index is 427. The largest absolute Gasteiger partial charge is 0.362 e. The summed E-state index contributed by atoms with van der Waals surface area (Å²) in [6.45, 7) is 12.0. The van der Waals surface area contributed by atoms with Gasteiger partial charge in [-0.3, -0.25) is 0 Å². The van der Waals surface area contributed by atoms with E-state index in [2.05, 4.69) is 42.5 Å². The van der Waals surface area contributed by atoms with Crippen LogP contribution in [0.4, 0.5) is 0 Å². The van der Waals surface area contributed by atoms with Crippen molar-refractivity contribution >= 4 is 34.4 Å². The molecule has 1 aromatic rings. The number of nitrogens with zero attached hydrogens (tertiary/aromatic N) is 3. The van der Waals surface area contributed by atoms with Gasteiger partial charge in [0, 0.05) is 26.2 Å². The van der Waals surface area contributed by atoms with Crippen LogP contribution >= 0.6 is 24.4 Å². The van der Waals surface area contributed by atoms with Crippen LogP contribution in [-0.2, 0) is 0 Å². The van der Waals surface area contributed by atoms with Crippen LogP contribution in [0.3, 0.4) is 0 Å². The SMILES string of the molecule is CCN(CC)C(=S)c1cccc(C(=S)N(CC)CC)n1. The molecule has 3 nitrogen and oxygen atoms in total. The van der Waals surface area contributed by atoms with Crippen molar-refractivity contribution in [2.24, 2.45) is 0 Å². The zero-order valence-electron chi connectivity index (χ0n) is 12.7. The molecule has 0 amide bonds. The molecule has 0 spiro atoms. The molecule has 0 aliphatic rings. The molecule has 5 heteroatoms. The van der Waals surface area contributed by atoms with Gasteiger partial charge in [-0.15, -0.1) is 0 Å². The van der Waals surface area contributed by atoms with E-state index in [4.69, 9.17) is 24.4 Å². The Kier molecular flexibility index (Phi) is 7.02. The van der Waals surface area contributed by atoms with Gasteiger partial charge in [0.1, 0.15) is 9.98 Å². The zero-order valence-corrected chi connectivity index (χ0v) is 14.4. The molecule has 0 saturated heterocycles. The lowest BCUT2D eigenvalue weighted by molar-refractivity contribution is 0.471. The van der Waals surface area contributed by atoms with Crippen molar-refractivity contribution in [2.75, 3.05) is 26.2 Å². The Morgan fingerprint density at radius 2 is 1.20 bits per heavy atom. The van der Waals surface area contributed by atoms with Gasteiger partial charge in [0.25, 0.3) is 0 Å². The van der Waals surface area contributed by atoms with E-state index in [1.807, 2.05) is 18.2 Å². The summed E-state index contributed by atoms with van der Waals surface area (Å²) in [6, 6.07) is 5.88. The zero-order chi connectivity index (χ0) is 15.1. The van der Waals surface area contributed by atoms with E-state index in [9.17, 15) is 0 Å². The summed E-state index contributed by atoms with van der Waals surface area (Å²) in [7, 11) is 0. The molecule has 20 heavy (non-hydrogen) atoms. The van der Waals surface area contributed by atoms with Gasteiger partial charge in [0.05, 0.1) is 11.4 Å². The Balaban J connectivity index is 3.01. The highest BCUT2D eigenvalue weighted by Gasteiger charge is 2.13. The quantitative estimate of drug-likeness (QED) is 0.750. The van der Waals surface area contributed by atoms with Crippen molar-refractivity contribution in [3.63, 3.8) is 0 Å². The summed E-state index contributed by atoms with van der Waals surface area (Å²) < 4.78 is 0. The molecule has 1 heterocycles. The number of thiocarbonyl (C=S) groups is 2. The lowest BCUT2D eigenvalue weighted by Gasteiger charge is -2.23. The first kappa shape index (κ1) is 17.0. The number of aromatic nitrogens is 1. The van der Waals surface area contributed by atoms with Crippen molar-refractivity contribution in [2.45, 2.75) is 27.7 Å². The predicted octanol–water partition coefficient (Wildman–Crippen LogP) is 3.12. The highest BCUT2D eigenvalue weighted by atomic mass is 32.1. The molecule has 0 fully saturated rings. The number of hydrogen-bond acceptors (Lipinski definition) is 3. The summed E-state index contributed by atoms with van der Waals surface area (Å²) in [5, 5.41) is 0. The first-order valence-electron chi connectivity index (χ1n) is 7.14. The second-order valence-corrected chi connectivity index (χ2v) is 5.14. The van der Waals surface area contributed by atoms with Crippen LogP contribution in [0.25, 0.3) is 0 Å². The first-order chi connectivity index (χ1) is 9.58. The first-order valence-corrected chi connectivity index (χ1v) is 7.96. The second-order valence-electron chi connectivity index (χ2n) is 4.36. The number of rotatable bonds is 6. The predicted molar refractivity (Wildman–Crippen MR) is 93.5 cm³/mol. The lowest BCUT2D eigenvalue weighted by atomic mass is 10.2. The van der Waals surface area contributed by atoms with Crippen molar-refractivity contribution < 1.29 is 0 Å². The molecule has 1 rings (SSSR count). The maximum Gasteiger partial charge on any atom is 0.127 e. The maximum absolute atomic E-state index is 5.52. The minimum absolute atomic E-state index is 0.791. The van der Waals surface area contributed by atoms with E-state index < -0.39 is 0 Å². The molecule has 0 aliphatic carbocycles. The van der Waals surface area contributed by atoms with E-state index in [1.165, 1.54) is 0 Å². The van der Waals surface area contributed by atoms with Crippen LogP contribution in [0.5, 0.6) is 0 Å². The normalized spacial score (nSPS) is 10.2. The number of hydrogen-bond donors (Lipinski definition) is 0. The second kappa shape index (κ2) is 8.27. The summed E-state index contributed by atoms with van der Waals surface area (Å²) in [5.74, 6) is 0. The molecule has 0 radical (unpaired) electrons. The molecule has 0 aromatic carbocycles. The standard InChI is InChI=1S/C15H23N3S2/c1-5-17(6-2)14(19)12-10-9-11-13(16-12)15(20)18(7-3)8-4/h9-11H,5-8H2,1-4H3. The van der Waals surface area contributed by atoms with Crippen molar-refractivity contribution in [3.05, 3.63) is 29.6 Å². The molecule has 0 aliphatic heterocycles. The third-order valence-electron chi connectivity index (χ3n) is 3.29. The van der Waals surface area contributed by atoms with Gasteiger partial charge in [-0.2, -0.15) is 0 Å². The Morgan fingerprint density at radius 3 is 1.50 bits per heavy atom. The molecule has 0 unspecified atom stereocenters. The number of pyridine rings is 1. The van der Waals surface area contributed by atoms with Gasteiger partial charge in [0.15, 0.2) is 0 Å². The summed E-state index contributed by atoms with van der Waals surface area (Å²) in [4.78, 5) is 10.5. The maximum atomic E-state index is 5.52. The Hall–Kier alpha value is -1.07. The van der Waals surface area contributed by atoms with E-state index in [0.29, 0.717) is 0 Å². The third-order valence-corrected chi connectivity index (χ3v) is 4.22. The molecule has 0 atom stereocenters. The van der Waals surface area contributed by atoms with Gasteiger partial charge in [-0.25, -0.2) is 4.98 Å². The molecule has 0 saturated carbocycles. The van der Waals surface area contributed by atoms with Crippen molar-refractivity contribution in [3.8, 4) is 0 Å². The average molecular weight is 310 g/mol. The van der Waals surface area contributed by atoms with Crippen molar-refractivity contribution in [1.29, 1.82) is 0 Å². The third kappa shape index (κ3) is 3.96. The van der Waals surface area contributed by atoms with Gasteiger partial charge in [0.2, 0.25) is 0 Å². The van der Waals surface area contributed by atoms with Gasteiger partial charge >= 0.3 is 0 Å². The molecule has 0 bridgehead atoms. The molecule has 0 N–H and O–H groups in total. The Labute approximate surface area is 133 Å². The topological polar surface area (TPSA) is 19.4 Å². The van der Waals surface area contributed by atoms with Crippen LogP contribution < -0.4 is 0 Å². The summed E-state index contributed by atoms with van der Waals surface area (Å²) in [5.41, 5.74) is 1.66. The molecular weight excluding hydrogens is 286 g/mol. The van der Waals surface area contributed by atoms with E-state index in [0.717, 1.165) is 47.5 Å². The van der Waals surface area contributed by atoms with Crippen molar-refractivity contribution in [1.82, 2.24) is 14.8 Å². The summed E-state index contributed by atoms with van der Waals surface area (Å²) in [6.07, 6.45) is 0. The van der Waals surface area contributed by atoms with Gasteiger partial charge < -0.3 is 9.80 Å².